The van der Waals surface area contributed by atoms with Crippen molar-refractivity contribution in [2.24, 2.45) is 5.92 Å². The standard InChI is InChI=1S/C19H19NO2/c21-19(15-7-3-1-4-8-15)20-16-11-13-18(14-12-16)22-17-9-5-2-6-10-17/h1-3,5-6,9-15H,4,7-8H2,(H,20,21). The van der Waals surface area contributed by atoms with Crippen molar-refractivity contribution in [1.82, 2.24) is 0 Å². The van der Waals surface area contributed by atoms with E-state index in [1.165, 1.54) is 0 Å². The number of rotatable bonds is 4. The maximum absolute atomic E-state index is 12.2. The topological polar surface area (TPSA) is 38.3 Å². The molecule has 112 valence electrons. The monoisotopic (exact) mass is 293 g/mol. The Morgan fingerprint density at radius 1 is 0.955 bits per heavy atom. The predicted molar refractivity (Wildman–Crippen MR) is 88.1 cm³/mol. The summed E-state index contributed by atoms with van der Waals surface area (Å²) < 4.78 is 5.73. The lowest BCUT2D eigenvalue weighted by molar-refractivity contribution is -0.120. The van der Waals surface area contributed by atoms with Crippen LogP contribution in [-0.2, 0) is 4.79 Å². The maximum Gasteiger partial charge on any atom is 0.227 e. The van der Waals surface area contributed by atoms with E-state index < -0.39 is 0 Å². The molecule has 3 nitrogen and oxygen atoms in total. The van der Waals surface area contributed by atoms with E-state index >= 15 is 0 Å². The number of hydrogen-bond acceptors (Lipinski definition) is 2. The Hall–Kier alpha value is -2.55. The van der Waals surface area contributed by atoms with Crippen LogP contribution >= 0.6 is 0 Å². The molecule has 1 amide bonds. The average Bonchev–Trinajstić information content (AvgIpc) is 2.58. The van der Waals surface area contributed by atoms with Crippen LogP contribution in [0.3, 0.4) is 0 Å². The van der Waals surface area contributed by atoms with E-state index in [0.29, 0.717) is 0 Å². The number of allylic oxidation sites excluding steroid dienone is 2. The van der Waals surface area contributed by atoms with Gasteiger partial charge in [0.15, 0.2) is 0 Å². The van der Waals surface area contributed by atoms with Gasteiger partial charge in [0.05, 0.1) is 0 Å². The van der Waals surface area contributed by atoms with E-state index in [1.54, 1.807) is 0 Å². The summed E-state index contributed by atoms with van der Waals surface area (Å²) >= 11 is 0. The summed E-state index contributed by atoms with van der Waals surface area (Å²) in [5, 5.41) is 2.97. The highest BCUT2D eigenvalue weighted by Crippen LogP contribution is 2.24. The summed E-state index contributed by atoms with van der Waals surface area (Å²) in [5.41, 5.74) is 0.806. The van der Waals surface area contributed by atoms with Crippen molar-refractivity contribution in [2.45, 2.75) is 19.3 Å². The summed E-state index contributed by atoms with van der Waals surface area (Å²) in [6.45, 7) is 0. The molecular weight excluding hydrogens is 274 g/mol. The third kappa shape index (κ3) is 3.76. The zero-order valence-electron chi connectivity index (χ0n) is 12.4. The Balaban J connectivity index is 1.59. The number of hydrogen-bond donors (Lipinski definition) is 1. The number of amides is 1. The molecule has 0 spiro atoms. The fraction of sp³-hybridized carbons (Fsp3) is 0.211. The molecule has 1 unspecified atom stereocenters. The summed E-state index contributed by atoms with van der Waals surface area (Å²) in [7, 11) is 0. The molecule has 2 aromatic carbocycles. The van der Waals surface area contributed by atoms with Crippen molar-refractivity contribution in [2.75, 3.05) is 5.32 Å². The number of anilines is 1. The molecule has 2 aromatic rings. The minimum Gasteiger partial charge on any atom is -0.457 e. The van der Waals surface area contributed by atoms with E-state index in [0.717, 1.165) is 36.4 Å². The molecule has 0 saturated heterocycles. The number of para-hydroxylation sites is 1. The smallest absolute Gasteiger partial charge is 0.227 e. The van der Waals surface area contributed by atoms with Gasteiger partial charge in [-0.1, -0.05) is 30.4 Å². The molecule has 0 aliphatic heterocycles. The van der Waals surface area contributed by atoms with Gasteiger partial charge in [-0.3, -0.25) is 4.79 Å². The molecule has 1 aliphatic rings. The fourth-order valence-corrected chi connectivity index (χ4v) is 2.51. The SMILES string of the molecule is O=C(Nc1ccc(Oc2ccccc2)cc1)C1CC=CCC1. The highest BCUT2D eigenvalue weighted by molar-refractivity contribution is 5.92. The van der Waals surface area contributed by atoms with Crippen LogP contribution in [0.15, 0.2) is 66.7 Å². The summed E-state index contributed by atoms with van der Waals surface area (Å²) in [5.74, 6) is 1.74. The lowest BCUT2D eigenvalue weighted by atomic mass is 9.93. The van der Waals surface area contributed by atoms with Gasteiger partial charge in [0.2, 0.25) is 5.91 Å². The third-order valence-electron chi connectivity index (χ3n) is 3.74. The molecule has 1 N–H and O–H groups in total. The predicted octanol–water partition coefficient (Wildman–Crippen LogP) is 4.77. The first kappa shape index (κ1) is 14.4. The second kappa shape index (κ2) is 6.94. The number of carbonyl (C=O) groups excluding carboxylic acids is 1. The highest BCUT2D eigenvalue weighted by Gasteiger charge is 2.18. The van der Waals surface area contributed by atoms with Crippen molar-refractivity contribution in [3.8, 4) is 11.5 Å². The van der Waals surface area contributed by atoms with Crippen molar-refractivity contribution < 1.29 is 9.53 Å². The molecule has 0 saturated carbocycles. The molecule has 1 aliphatic carbocycles. The number of ether oxygens (including phenoxy) is 1. The lowest BCUT2D eigenvalue weighted by Crippen LogP contribution is -2.23. The van der Waals surface area contributed by atoms with E-state index in [9.17, 15) is 4.79 Å². The third-order valence-corrected chi connectivity index (χ3v) is 3.74. The fourth-order valence-electron chi connectivity index (χ4n) is 2.51. The minimum atomic E-state index is 0.0882. The van der Waals surface area contributed by atoms with E-state index in [2.05, 4.69) is 17.5 Å². The molecule has 0 aromatic heterocycles. The molecule has 3 rings (SSSR count). The van der Waals surface area contributed by atoms with Gasteiger partial charge in [0, 0.05) is 11.6 Å². The van der Waals surface area contributed by atoms with Gasteiger partial charge in [-0.05, 0) is 55.7 Å². The second-order valence-electron chi connectivity index (χ2n) is 5.41. The second-order valence-corrected chi connectivity index (χ2v) is 5.41. The van der Waals surface area contributed by atoms with Crippen LogP contribution in [-0.4, -0.2) is 5.91 Å². The summed E-state index contributed by atoms with van der Waals surface area (Å²) in [6.07, 6.45) is 6.98. The Kier molecular flexibility index (Phi) is 4.54. The number of carbonyl (C=O) groups is 1. The maximum atomic E-state index is 12.2. The molecular formula is C19H19NO2. The molecule has 0 heterocycles. The van der Waals surface area contributed by atoms with Crippen molar-refractivity contribution >= 4 is 11.6 Å². The Labute approximate surface area is 130 Å². The van der Waals surface area contributed by atoms with Gasteiger partial charge in [0.1, 0.15) is 11.5 Å². The first-order valence-corrected chi connectivity index (χ1v) is 7.60. The Bertz CT molecular complexity index is 647. The first-order chi connectivity index (χ1) is 10.8. The Morgan fingerprint density at radius 3 is 2.36 bits per heavy atom. The summed E-state index contributed by atoms with van der Waals surface area (Å²) in [6, 6.07) is 17.1. The highest BCUT2D eigenvalue weighted by atomic mass is 16.5. The molecule has 22 heavy (non-hydrogen) atoms. The first-order valence-electron chi connectivity index (χ1n) is 7.60. The van der Waals surface area contributed by atoms with Crippen LogP contribution < -0.4 is 10.1 Å². The zero-order valence-corrected chi connectivity index (χ0v) is 12.4. The van der Waals surface area contributed by atoms with Crippen molar-refractivity contribution in [3.63, 3.8) is 0 Å². The minimum absolute atomic E-state index is 0.0882. The van der Waals surface area contributed by atoms with Crippen LogP contribution in [0.1, 0.15) is 19.3 Å². The van der Waals surface area contributed by atoms with Gasteiger partial charge in [0.25, 0.3) is 0 Å². The number of benzene rings is 2. The van der Waals surface area contributed by atoms with E-state index in [-0.39, 0.29) is 11.8 Å². The van der Waals surface area contributed by atoms with Crippen LogP contribution in [0.2, 0.25) is 0 Å². The van der Waals surface area contributed by atoms with Gasteiger partial charge in [-0.25, -0.2) is 0 Å². The molecule has 3 heteroatoms. The summed E-state index contributed by atoms with van der Waals surface area (Å²) in [4.78, 5) is 12.2. The lowest BCUT2D eigenvalue weighted by Gasteiger charge is -2.17. The zero-order chi connectivity index (χ0) is 15.2. The van der Waals surface area contributed by atoms with Crippen LogP contribution in [0.5, 0.6) is 11.5 Å². The molecule has 0 radical (unpaired) electrons. The van der Waals surface area contributed by atoms with Gasteiger partial charge < -0.3 is 10.1 Å². The largest absolute Gasteiger partial charge is 0.457 e. The Morgan fingerprint density at radius 2 is 1.68 bits per heavy atom. The van der Waals surface area contributed by atoms with Crippen LogP contribution in [0.25, 0.3) is 0 Å². The van der Waals surface area contributed by atoms with E-state index in [1.807, 2.05) is 54.6 Å². The molecule has 0 fully saturated rings. The number of nitrogens with one attached hydrogen (secondary N) is 1. The normalized spacial score (nSPS) is 17.0. The van der Waals surface area contributed by atoms with Crippen molar-refractivity contribution in [1.29, 1.82) is 0 Å². The molecule has 0 bridgehead atoms. The average molecular weight is 293 g/mol. The van der Waals surface area contributed by atoms with Gasteiger partial charge in [-0.15, -0.1) is 0 Å². The van der Waals surface area contributed by atoms with Crippen molar-refractivity contribution in [3.05, 3.63) is 66.7 Å². The van der Waals surface area contributed by atoms with E-state index in [4.69, 9.17) is 4.74 Å². The van der Waals surface area contributed by atoms with Crippen LogP contribution in [0.4, 0.5) is 5.69 Å². The molecule has 1 atom stereocenters. The quantitative estimate of drug-likeness (QED) is 0.824. The van der Waals surface area contributed by atoms with Gasteiger partial charge in [-0.2, -0.15) is 0 Å². The van der Waals surface area contributed by atoms with Crippen LogP contribution in [0, 0.1) is 5.92 Å². The van der Waals surface area contributed by atoms with Gasteiger partial charge >= 0.3 is 0 Å².